The maximum absolute atomic E-state index is 10.5. The summed E-state index contributed by atoms with van der Waals surface area (Å²) < 4.78 is 16.5. The van der Waals surface area contributed by atoms with E-state index in [1.165, 1.54) is 0 Å². The molecule has 1 aromatic carbocycles. The molecule has 0 aromatic heterocycles. The van der Waals surface area contributed by atoms with Crippen LogP contribution in [0.3, 0.4) is 0 Å². The number of hydrogen-bond acceptors (Lipinski definition) is 6. The number of rotatable bonds is 11. The van der Waals surface area contributed by atoms with Gasteiger partial charge in [-0.05, 0) is 24.0 Å². The zero-order valence-electron chi connectivity index (χ0n) is 15.9. The molecule has 148 valence electrons. The summed E-state index contributed by atoms with van der Waals surface area (Å²) in [6.07, 6.45) is 0.414. The Kier molecular flexibility index (Phi) is 9.53. The SMILES string of the molecule is CC[C@@H](O)CO[C@@H]1CNC[C@H](O)C1c1ccc(COCCCOC)cc1. The highest BCUT2D eigenvalue weighted by molar-refractivity contribution is 5.27. The van der Waals surface area contributed by atoms with E-state index in [1.54, 1.807) is 7.11 Å². The number of methoxy groups -OCH3 is 1. The van der Waals surface area contributed by atoms with Crippen molar-refractivity contribution in [1.82, 2.24) is 5.32 Å². The lowest BCUT2D eigenvalue weighted by Gasteiger charge is -2.36. The second kappa shape index (κ2) is 11.6. The van der Waals surface area contributed by atoms with E-state index in [4.69, 9.17) is 14.2 Å². The molecule has 6 heteroatoms. The molecule has 1 unspecified atom stereocenters. The number of hydrogen-bond donors (Lipinski definition) is 3. The van der Waals surface area contributed by atoms with Gasteiger partial charge in [-0.2, -0.15) is 0 Å². The van der Waals surface area contributed by atoms with Crippen molar-refractivity contribution in [1.29, 1.82) is 0 Å². The Bertz CT molecular complexity index is 495. The summed E-state index contributed by atoms with van der Waals surface area (Å²) in [6.45, 7) is 5.39. The molecule has 1 fully saturated rings. The Morgan fingerprint density at radius 1 is 1.19 bits per heavy atom. The number of benzene rings is 1. The molecule has 0 spiro atoms. The maximum atomic E-state index is 10.5. The van der Waals surface area contributed by atoms with E-state index < -0.39 is 12.2 Å². The number of aliphatic hydroxyl groups is 2. The van der Waals surface area contributed by atoms with Crippen LogP contribution in [0.1, 0.15) is 36.8 Å². The van der Waals surface area contributed by atoms with Crippen molar-refractivity contribution >= 4 is 0 Å². The highest BCUT2D eigenvalue weighted by Crippen LogP contribution is 2.28. The quantitative estimate of drug-likeness (QED) is 0.514. The van der Waals surface area contributed by atoms with Crippen LogP contribution in [0.25, 0.3) is 0 Å². The molecular weight excluding hydrogens is 334 g/mol. The molecule has 26 heavy (non-hydrogen) atoms. The Balaban J connectivity index is 1.92. The monoisotopic (exact) mass is 367 g/mol. The molecule has 0 amide bonds. The van der Waals surface area contributed by atoms with Crippen molar-refractivity contribution in [2.75, 3.05) is 40.0 Å². The van der Waals surface area contributed by atoms with Crippen molar-refractivity contribution in [3.8, 4) is 0 Å². The molecule has 0 saturated carbocycles. The molecule has 1 aliphatic heterocycles. The van der Waals surface area contributed by atoms with Gasteiger partial charge in [0.15, 0.2) is 0 Å². The number of β-amino-alcohol motifs (C(OH)–C–C–N with tert-alkyl or cyclic N) is 1. The lowest BCUT2D eigenvalue weighted by molar-refractivity contribution is -0.0555. The van der Waals surface area contributed by atoms with Gasteiger partial charge in [-0.1, -0.05) is 31.2 Å². The summed E-state index contributed by atoms with van der Waals surface area (Å²) >= 11 is 0. The molecule has 1 saturated heterocycles. The predicted molar refractivity (Wildman–Crippen MR) is 100 cm³/mol. The normalized spacial score (nSPS) is 24.5. The fraction of sp³-hybridized carbons (Fsp3) is 0.700. The molecule has 1 heterocycles. The van der Waals surface area contributed by atoms with Crippen molar-refractivity contribution in [3.05, 3.63) is 35.4 Å². The molecule has 2 rings (SSSR count). The minimum Gasteiger partial charge on any atom is -0.391 e. The standard InChI is InChI=1S/C20H33NO5/c1-3-17(22)14-26-19-12-21-11-18(23)20(19)16-7-5-15(6-8-16)13-25-10-4-9-24-2/h5-8,17-23H,3-4,9-14H2,1-2H3/t17-,18+,19-,20?/m1/s1. The minimum atomic E-state index is -0.510. The average molecular weight is 367 g/mol. The van der Waals surface area contributed by atoms with Gasteiger partial charge in [0, 0.05) is 39.3 Å². The first-order valence-electron chi connectivity index (χ1n) is 9.49. The second-order valence-electron chi connectivity index (χ2n) is 6.83. The van der Waals surface area contributed by atoms with E-state index >= 15 is 0 Å². The summed E-state index contributed by atoms with van der Waals surface area (Å²) in [5.74, 6) is -0.100. The Hall–Kier alpha value is -1.02. The van der Waals surface area contributed by atoms with Gasteiger partial charge in [0.2, 0.25) is 0 Å². The van der Waals surface area contributed by atoms with Crippen LogP contribution in [0.15, 0.2) is 24.3 Å². The van der Waals surface area contributed by atoms with Crippen molar-refractivity contribution in [2.45, 2.75) is 50.6 Å². The third-order valence-electron chi connectivity index (χ3n) is 4.76. The maximum Gasteiger partial charge on any atom is 0.0794 e. The van der Waals surface area contributed by atoms with E-state index in [1.807, 2.05) is 31.2 Å². The second-order valence-corrected chi connectivity index (χ2v) is 6.83. The van der Waals surface area contributed by atoms with E-state index in [0.29, 0.717) is 45.9 Å². The van der Waals surface area contributed by atoms with Crippen molar-refractivity contribution < 1.29 is 24.4 Å². The number of aliphatic hydroxyl groups excluding tert-OH is 2. The summed E-state index contributed by atoms with van der Waals surface area (Å²) in [6, 6.07) is 8.16. The van der Waals surface area contributed by atoms with Crippen LogP contribution in [0.4, 0.5) is 0 Å². The Labute approximate surface area is 156 Å². The highest BCUT2D eigenvalue weighted by Gasteiger charge is 2.34. The summed E-state index contributed by atoms with van der Waals surface area (Å²) in [4.78, 5) is 0. The zero-order valence-corrected chi connectivity index (χ0v) is 15.9. The largest absolute Gasteiger partial charge is 0.391 e. The first kappa shape index (κ1) is 21.3. The Morgan fingerprint density at radius 2 is 1.96 bits per heavy atom. The zero-order chi connectivity index (χ0) is 18.8. The lowest BCUT2D eigenvalue weighted by atomic mass is 9.85. The molecule has 1 aromatic rings. The first-order chi connectivity index (χ1) is 12.7. The summed E-state index contributed by atoms with van der Waals surface area (Å²) in [5, 5.41) is 23.4. The van der Waals surface area contributed by atoms with Crippen LogP contribution < -0.4 is 5.32 Å². The molecule has 0 aliphatic carbocycles. The molecule has 4 atom stereocenters. The molecule has 0 bridgehead atoms. The lowest BCUT2D eigenvalue weighted by Crippen LogP contribution is -2.50. The van der Waals surface area contributed by atoms with E-state index in [0.717, 1.165) is 17.5 Å². The molecule has 3 N–H and O–H groups in total. The van der Waals surface area contributed by atoms with E-state index in [9.17, 15) is 10.2 Å². The highest BCUT2D eigenvalue weighted by atomic mass is 16.5. The van der Waals surface area contributed by atoms with Crippen molar-refractivity contribution in [2.24, 2.45) is 0 Å². The van der Waals surface area contributed by atoms with Gasteiger partial charge in [-0.25, -0.2) is 0 Å². The van der Waals surface area contributed by atoms with E-state index in [2.05, 4.69) is 5.32 Å². The van der Waals surface area contributed by atoms with Crippen LogP contribution in [0.5, 0.6) is 0 Å². The van der Waals surface area contributed by atoms with Gasteiger partial charge >= 0.3 is 0 Å². The van der Waals surface area contributed by atoms with Gasteiger partial charge in [-0.15, -0.1) is 0 Å². The molecule has 1 aliphatic rings. The number of piperidine rings is 1. The molecule has 6 nitrogen and oxygen atoms in total. The molecular formula is C20H33NO5. The van der Waals surface area contributed by atoms with Crippen LogP contribution in [0, 0.1) is 0 Å². The summed E-state index contributed by atoms with van der Waals surface area (Å²) in [7, 11) is 1.69. The predicted octanol–water partition coefficient (Wildman–Crippen LogP) is 1.44. The third kappa shape index (κ3) is 6.61. The van der Waals surface area contributed by atoms with E-state index in [-0.39, 0.29) is 12.0 Å². The fourth-order valence-corrected chi connectivity index (χ4v) is 3.16. The van der Waals surface area contributed by atoms with Crippen LogP contribution >= 0.6 is 0 Å². The van der Waals surface area contributed by atoms with Gasteiger partial charge in [0.1, 0.15) is 0 Å². The Morgan fingerprint density at radius 3 is 2.65 bits per heavy atom. The smallest absolute Gasteiger partial charge is 0.0794 e. The summed E-state index contributed by atoms with van der Waals surface area (Å²) in [5.41, 5.74) is 2.16. The topological polar surface area (TPSA) is 80.2 Å². The van der Waals surface area contributed by atoms with Gasteiger partial charge in [0.25, 0.3) is 0 Å². The van der Waals surface area contributed by atoms with Gasteiger partial charge < -0.3 is 29.7 Å². The first-order valence-corrected chi connectivity index (χ1v) is 9.49. The van der Waals surface area contributed by atoms with Crippen LogP contribution in [-0.4, -0.2) is 68.5 Å². The average Bonchev–Trinajstić information content (AvgIpc) is 2.66. The van der Waals surface area contributed by atoms with Crippen LogP contribution in [-0.2, 0) is 20.8 Å². The number of ether oxygens (including phenoxy) is 3. The van der Waals surface area contributed by atoms with Crippen LogP contribution in [0.2, 0.25) is 0 Å². The van der Waals surface area contributed by atoms with Gasteiger partial charge in [0.05, 0.1) is 31.5 Å². The number of nitrogens with one attached hydrogen (secondary N) is 1. The van der Waals surface area contributed by atoms with Gasteiger partial charge in [-0.3, -0.25) is 0 Å². The fourth-order valence-electron chi connectivity index (χ4n) is 3.16. The molecule has 0 radical (unpaired) electrons. The minimum absolute atomic E-state index is 0.100. The third-order valence-corrected chi connectivity index (χ3v) is 4.76. The van der Waals surface area contributed by atoms with Crippen molar-refractivity contribution in [3.63, 3.8) is 0 Å².